The topological polar surface area (TPSA) is 45.7 Å². The maximum Gasteiger partial charge on any atom is 0.191 e. The Bertz CT molecular complexity index is 475. The molecule has 1 aliphatic carbocycles. The van der Waals surface area contributed by atoms with Gasteiger partial charge in [0.15, 0.2) is 5.96 Å². The van der Waals surface area contributed by atoms with E-state index in [4.69, 9.17) is 4.74 Å². The molecular formula is C19H32IN3O. The summed E-state index contributed by atoms with van der Waals surface area (Å²) in [5, 5.41) is 6.94. The summed E-state index contributed by atoms with van der Waals surface area (Å²) >= 11 is 0. The van der Waals surface area contributed by atoms with E-state index in [0.29, 0.717) is 0 Å². The van der Waals surface area contributed by atoms with Crippen LogP contribution in [0.3, 0.4) is 0 Å². The largest absolute Gasteiger partial charge is 0.385 e. The van der Waals surface area contributed by atoms with E-state index < -0.39 is 0 Å². The average molecular weight is 445 g/mol. The molecule has 0 bridgehead atoms. The number of nitrogens with one attached hydrogen (secondary N) is 2. The average Bonchev–Trinajstić information content (AvgIpc) is 2.56. The fraction of sp³-hybridized carbons (Fsp3) is 0.632. The molecule has 0 aromatic heterocycles. The highest BCUT2D eigenvalue weighted by molar-refractivity contribution is 14.0. The third-order valence-corrected chi connectivity index (χ3v) is 4.83. The van der Waals surface area contributed by atoms with E-state index in [-0.39, 0.29) is 29.4 Å². The van der Waals surface area contributed by atoms with Gasteiger partial charge in [-0.1, -0.05) is 36.8 Å². The minimum atomic E-state index is 0. The van der Waals surface area contributed by atoms with Crippen LogP contribution in [0.4, 0.5) is 0 Å². The number of unbranched alkanes of at least 4 members (excludes halogenated alkanes) is 2. The maximum atomic E-state index is 5.07. The molecule has 0 heterocycles. The van der Waals surface area contributed by atoms with Gasteiger partial charge < -0.3 is 15.4 Å². The smallest absolute Gasteiger partial charge is 0.191 e. The van der Waals surface area contributed by atoms with Crippen molar-refractivity contribution in [3.63, 3.8) is 0 Å². The monoisotopic (exact) mass is 445 g/mol. The fourth-order valence-corrected chi connectivity index (χ4v) is 3.19. The molecule has 1 aromatic rings. The quantitative estimate of drug-likeness (QED) is 0.264. The zero-order valence-electron chi connectivity index (χ0n) is 15.0. The lowest BCUT2D eigenvalue weighted by Gasteiger charge is -2.43. The van der Waals surface area contributed by atoms with Crippen LogP contribution in [0.15, 0.2) is 35.3 Å². The highest BCUT2D eigenvalue weighted by Gasteiger charge is 2.38. The molecule has 0 radical (unpaired) electrons. The first-order valence-corrected chi connectivity index (χ1v) is 8.80. The normalized spacial score (nSPS) is 16.0. The molecule has 0 saturated heterocycles. The fourth-order valence-electron chi connectivity index (χ4n) is 3.19. The van der Waals surface area contributed by atoms with E-state index in [0.717, 1.165) is 38.5 Å². The van der Waals surface area contributed by atoms with Gasteiger partial charge in [0, 0.05) is 39.3 Å². The highest BCUT2D eigenvalue weighted by atomic mass is 127. The summed E-state index contributed by atoms with van der Waals surface area (Å²) in [6, 6.07) is 10.9. The predicted octanol–water partition coefficient (Wildman–Crippen LogP) is 3.71. The Hall–Kier alpha value is -0.820. The van der Waals surface area contributed by atoms with Gasteiger partial charge in [-0.15, -0.1) is 24.0 Å². The van der Waals surface area contributed by atoms with Gasteiger partial charge in [-0.2, -0.15) is 0 Å². The number of guanidine groups is 1. The second kappa shape index (κ2) is 11.7. The summed E-state index contributed by atoms with van der Waals surface area (Å²) in [6.45, 7) is 2.77. The van der Waals surface area contributed by atoms with Crippen molar-refractivity contribution in [3.8, 4) is 0 Å². The molecule has 1 aromatic carbocycles. The lowest BCUT2D eigenvalue weighted by atomic mass is 9.64. The molecule has 136 valence electrons. The molecule has 1 aliphatic rings. The van der Waals surface area contributed by atoms with Gasteiger partial charge >= 0.3 is 0 Å². The minimum absolute atomic E-state index is 0. The van der Waals surface area contributed by atoms with Crippen molar-refractivity contribution < 1.29 is 4.74 Å². The summed E-state index contributed by atoms with van der Waals surface area (Å²) < 4.78 is 5.07. The van der Waals surface area contributed by atoms with Crippen LogP contribution < -0.4 is 10.6 Å². The molecule has 0 aliphatic heterocycles. The second-order valence-corrected chi connectivity index (χ2v) is 6.41. The molecule has 0 unspecified atom stereocenters. The van der Waals surface area contributed by atoms with Crippen LogP contribution in [-0.4, -0.2) is 39.8 Å². The Morgan fingerprint density at radius 3 is 2.46 bits per heavy atom. The molecule has 4 nitrogen and oxygen atoms in total. The zero-order chi connectivity index (χ0) is 16.4. The Kier molecular flexibility index (Phi) is 10.3. The number of methoxy groups -OCH3 is 1. The Balaban J connectivity index is 0.00000288. The molecule has 1 fully saturated rings. The van der Waals surface area contributed by atoms with E-state index in [1.54, 1.807) is 7.11 Å². The first kappa shape index (κ1) is 21.2. The van der Waals surface area contributed by atoms with Crippen molar-refractivity contribution in [2.75, 3.05) is 33.9 Å². The number of halogens is 1. The number of benzene rings is 1. The van der Waals surface area contributed by atoms with E-state index >= 15 is 0 Å². The number of nitrogens with zero attached hydrogens (tertiary/aromatic N) is 1. The molecule has 0 spiro atoms. The number of hydrogen-bond donors (Lipinski definition) is 2. The number of ether oxygens (including phenoxy) is 1. The predicted molar refractivity (Wildman–Crippen MR) is 112 cm³/mol. The van der Waals surface area contributed by atoms with Crippen molar-refractivity contribution in [3.05, 3.63) is 35.9 Å². The molecule has 0 atom stereocenters. The van der Waals surface area contributed by atoms with E-state index in [1.165, 1.54) is 31.2 Å². The van der Waals surface area contributed by atoms with Crippen LogP contribution in [0.25, 0.3) is 0 Å². The summed E-state index contributed by atoms with van der Waals surface area (Å²) in [5.41, 5.74) is 1.74. The number of aliphatic imine (C=N–C) groups is 1. The van der Waals surface area contributed by atoms with Crippen LogP contribution in [-0.2, 0) is 10.2 Å². The van der Waals surface area contributed by atoms with Gasteiger partial charge in [-0.3, -0.25) is 4.99 Å². The highest BCUT2D eigenvalue weighted by Crippen LogP contribution is 2.43. The molecular weight excluding hydrogens is 413 g/mol. The summed E-state index contributed by atoms with van der Waals surface area (Å²) in [6.07, 6.45) is 7.30. The second-order valence-electron chi connectivity index (χ2n) is 6.41. The first-order chi connectivity index (χ1) is 11.3. The van der Waals surface area contributed by atoms with Crippen LogP contribution in [0.5, 0.6) is 0 Å². The van der Waals surface area contributed by atoms with E-state index in [9.17, 15) is 0 Å². The Labute approximate surface area is 163 Å². The van der Waals surface area contributed by atoms with Gasteiger partial charge in [0.25, 0.3) is 0 Å². The minimum Gasteiger partial charge on any atom is -0.385 e. The number of rotatable bonds is 9. The molecule has 1 saturated carbocycles. The van der Waals surface area contributed by atoms with Gasteiger partial charge in [0.05, 0.1) is 0 Å². The summed E-state index contributed by atoms with van der Waals surface area (Å²) in [4.78, 5) is 4.35. The third-order valence-electron chi connectivity index (χ3n) is 4.83. The van der Waals surface area contributed by atoms with Crippen molar-refractivity contribution in [2.45, 2.75) is 43.9 Å². The van der Waals surface area contributed by atoms with Crippen LogP contribution in [0.1, 0.15) is 44.1 Å². The van der Waals surface area contributed by atoms with E-state index in [1.807, 2.05) is 7.05 Å². The van der Waals surface area contributed by atoms with Crippen molar-refractivity contribution in [2.24, 2.45) is 4.99 Å². The summed E-state index contributed by atoms with van der Waals surface area (Å²) in [7, 11) is 3.60. The lowest BCUT2D eigenvalue weighted by molar-refractivity contribution is 0.192. The van der Waals surface area contributed by atoms with Crippen LogP contribution >= 0.6 is 24.0 Å². The Morgan fingerprint density at radius 1 is 1.12 bits per heavy atom. The Morgan fingerprint density at radius 2 is 1.88 bits per heavy atom. The lowest BCUT2D eigenvalue weighted by Crippen LogP contribution is -2.49. The van der Waals surface area contributed by atoms with Gasteiger partial charge in [-0.25, -0.2) is 0 Å². The van der Waals surface area contributed by atoms with E-state index in [2.05, 4.69) is 46.0 Å². The van der Waals surface area contributed by atoms with Crippen molar-refractivity contribution in [1.82, 2.24) is 10.6 Å². The van der Waals surface area contributed by atoms with Gasteiger partial charge in [0.1, 0.15) is 0 Å². The van der Waals surface area contributed by atoms with Crippen LogP contribution in [0, 0.1) is 0 Å². The van der Waals surface area contributed by atoms with Crippen molar-refractivity contribution in [1.29, 1.82) is 0 Å². The molecule has 5 heteroatoms. The van der Waals surface area contributed by atoms with Gasteiger partial charge in [0.2, 0.25) is 0 Å². The SMILES string of the molecule is CN=C(NCCCCCOC)NCC1(c2ccccc2)CCC1.I. The third kappa shape index (κ3) is 6.24. The zero-order valence-corrected chi connectivity index (χ0v) is 17.3. The standard InChI is InChI=1S/C19H31N3O.HI/c1-20-18(21-14-7-4-8-15-23-2)22-16-19(12-9-13-19)17-10-5-3-6-11-17;/h3,5-6,10-11H,4,7-9,12-16H2,1-2H3,(H2,20,21,22);1H. The molecule has 2 rings (SSSR count). The van der Waals surface area contributed by atoms with Crippen molar-refractivity contribution >= 4 is 29.9 Å². The first-order valence-electron chi connectivity index (χ1n) is 8.80. The molecule has 0 amide bonds. The summed E-state index contributed by atoms with van der Waals surface area (Å²) in [5.74, 6) is 0.916. The van der Waals surface area contributed by atoms with Crippen LogP contribution in [0.2, 0.25) is 0 Å². The molecule has 2 N–H and O–H groups in total. The maximum absolute atomic E-state index is 5.07. The van der Waals surface area contributed by atoms with Gasteiger partial charge in [-0.05, 0) is 37.7 Å². The molecule has 24 heavy (non-hydrogen) atoms. The number of hydrogen-bond acceptors (Lipinski definition) is 2.